The average Bonchev–Trinajstić information content (AvgIpc) is 2.82. The van der Waals surface area contributed by atoms with Gasteiger partial charge in [0.15, 0.2) is 0 Å². The first-order valence-corrected chi connectivity index (χ1v) is 11.1. The molecule has 0 radical (unpaired) electrons. The predicted octanol–water partition coefficient (Wildman–Crippen LogP) is 4.19. The molecular weight excluding hydrogens is 418 g/mol. The molecule has 0 aromatic heterocycles. The van der Waals surface area contributed by atoms with Crippen LogP contribution in [0.3, 0.4) is 0 Å². The molecule has 0 spiro atoms. The number of nitrogens with zero attached hydrogens (tertiary/aromatic N) is 1. The van der Waals surface area contributed by atoms with Gasteiger partial charge in [0.1, 0.15) is 17.2 Å². The third-order valence-corrected chi connectivity index (χ3v) is 5.74. The number of amides is 1. The van der Waals surface area contributed by atoms with Crippen LogP contribution in [-0.4, -0.2) is 46.7 Å². The van der Waals surface area contributed by atoms with Gasteiger partial charge in [-0.25, -0.2) is 0 Å². The van der Waals surface area contributed by atoms with Gasteiger partial charge in [-0.15, -0.1) is 0 Å². The number of aromatic hydroxyl groups is 1. The molecule has 7 nitrogen and oxygen atoms in total. The molecule has 3 aromatic carbocycles. The van der Waals surface area contributed by atoms with Gasteiger partial charge in [0.05, 0.1) is 13.2 Å². The van der Waals surface area contributed by atoms with Crippen LogP contribution in [0.2, 0.25) is 0 Å². The highest BCUT2D eigenvalue weighted by atomic mass is 16.5. The maximum Gasteiger partial charge on any atom is 0.238 e. The smallest absolute Gasteiger partial charge is 0.238 e. The zero-order valence-corrected chi connectivity index (χ0v) is 18.4. The lowest BCUT2D eigenvalue weighted by molar-refractivity contribution is -0.117. The molecule has 4 rings (SSSR count). The second-order valence-corrected chi connectivity index (χ2v) is 8.14. The van der Waals surface area contributed by atoms with Crippen LogP contribution in [0.25, 0.3) is 0 Å². The number of aliphatic hydroxyl groups is 1. The summed E-state index contributed by atoms with van der Waals surface area (Å²) < 4.78 is 5.78. The highest BCUT2D eigenvalue weighted by Gasteiger charge is 2.22. The Morgan fingerprint density at radius 2 is 1.64 bits per heavy atom. The lowest BCUT2D eigenvalue weighted by Gasteiger charge is -2.32. The Balaban J connectivity index is 1.22. The van der Waals surface area contributed by atoms with E-state index in [1.807, 2.05) is 60.7 Å². The summed E-state index contributed by atoms with van der Waals surface area (Å²) in [5.41, 5.74) is 2.00. The van der Waals surface area contributed by atoms with Crippen molar-refractivity contribution in [2.24, 2.45) is 0 Å². The molecule has 0 unspecified atom stereocenters. The number of carbonyl (C=O) groups is 1. The van der Waals surface area contributed by atoms with Crippen LogP contribution in [-0.2, 0) is 11.4 Å². The maximum absolute atomic E-state index is 12.5. The molecule has 1 amide bonds. The molecule has 1 heterocycles. The number of ether oxygens (including phenoxy) is 1. The fourth-order valence-electron chi connectivity index (χ4n) is 3.97. The molecule has 1 saturated heterocycles. The summed E-state index contributed by atoms with van der Waals surface area (Å²) in [7, 11) is 0. The molecule has 0 aliphatic carbocycles. The monoisotopic (exact) mass is 447 g/mol. The number of carbonyl (C=O) groups excluding carboxylic acids is 1. The predicted molar refractivity (Wildman–Crippen MR) is 129 cm³/mol. The Morgan fingerprint density at radius 3 is 2.33 bits per heavy atom. The Bertz CT molecular complexity index is 1050. The topological polar surface area (TPSA) is 94.1 Å². The molecule has 3 aromatic rings. The van der Waals surface area contributed by atoms with Gasteiger partial charge in [0.25, 0.3) is 0 Å². The number of piperidine rings is 1. The Kier molecular flexibility index (Phi) is 7.44. The first-order valence-electron chi connectivity index (χ1n) is 11.1. The standard InChI is InChI=1S/C26H29N3O4/c30-18-23-24(7-4-8-25(23)31)27-20-13-15-29(16-14-20)17-26(32)28-19-9-11-22(12-10-19)33-21-5-2-1-3-6-21/h1-12,20,27,30-31H,13-18H2,(H,28,32). The Morgan fingerprint density at radius 1 is 0.939 bits per heavy atom. The van der Waals surface area contributed by atoms with Crippen molar-refractivity contribution in [3.63, 3.8) is 0 Å². The molecule has 7 heteroatoms. The van der Waals surface area contributed by atoms with E-state index in [1.54, 1.807) is 12.1 Å². The van der Waals surface area contributed by atoms with Gasteiger partial charge in [-0.3, -0.25) is 9.69 Å². The number of aliphatic hydroxyl groups excluding tert-OH is 1. The van der Waals surface area contributed by atoms with Gasteiger partial charge in [-0.2, -0.15) is 0 Å². The average molecular weight is 448 g/mol. The van der Waals surface area contributed by atoms with Crippen LogP contribution in [0.5, 0.6) is 17.2 Å². The lowest BCUT2D eigenvalue weighted by Crippen LogP contribution is -2.42. The number of benzene rings is 3. The third kappa shape index (κ3) is 6.25. The molecule has 4 N–H and O–H groups in total. The molecule has 0 atom stereocenters. The van der Waals surface area contributed by atoms with Gasteiger partial charge in [-0.05, 0) is 61.4 Å². The number of phenols is 1. The zero-order valence-electron chi connectivity index (χ0n) is 18.4. The Hall–Kier alpha value is -3.55. The van der Waals surface area contributed by atoms with Crippen LogP contribution < -0.4 is 15.4 Å². The molecule has 1 fully saturated rings. The second kappa shape index (κ2) is 10.8. The summed E-state index contributed by atoms with van der Waals surface area (Å²) in [6.45, 7) is 1.71. The lowest BCUT2D eigenvalue weighted by atomic mass is 10.0. The number of nitrogens with one attached hydrogen (secondary N) is 2. The second-order valence-electron chi connectivity index (χ2n) is 8.14. The summed E-state index contributed by atoms with van der Waals surface area (Å²) in [6, 6.07) is 22.3. The zero-order chi connectivity index (χ0) is 23.0. The quantitative estimate of drug-likeness (QED) is 0.414. The van der Waals surface area contributed by atoms with Crippen molar-refractivity contribution in [1.82, 2.24) is 4.90 Å². The van der Waals surface area contributed by atoms with Crippen molar-refractivity contribution in [2.45, 2.75) is 25.5 Å². The number of rotatable bonds is 8. The minimum Gasteiger partial charge on any atom is -0.508 e. The first-order chi connectivity index (χ1) is 16.1. The largest absolute Gasteiger partial charge is 0.508 e. The van der Waals surface area contributed by atoms with E-state index in [2.05, 4.69) is 15.5 Å². The van der Waals surface area contributed by atoms with Crippen LogP contribution in [0.4, 0.5) is 11.4 Å². The fraction of sp³-hybridized carbons (Fsp3) is 0.269. The Labute approximate surface area is 193 Å². The molecule has 0 saturated carbocycles. The van der Waals surface area contributed by atoms with Crippen molar-refractivity contribution in [3.8, 4) is 17.2 Å². The highest BCUT2D eigenvalue weighted by Crippen LogP contribution is 2.27. The number of para-hydroxylation sites is 1. The van der Waals surface area contributed by atoms with Gasteiger partial charge >= 0.3 is 0 Å². The molecular formula is C26H29N3O4. The van der Waals surface area contributed by atoms with Gasteiger partial charge in [0, 0.05) is 36.1 Å². The number of hydrogen-bond acceptors (Lipinski definition) is 6. The van der Waals surface area contributed by atoms with E-state index in [1.165, 1.54) is 0 Å². The summed E-state index contributed by atoms with van der Waals surface area (Å²) in [4.78, 5) is 14.6. The van der Waals surface area contributed by atoms with Gasteiger partial charge in [-0.1, -0.05) is 24.3 Å². The van der Waals surface area contributed by atoms with E-state index < -0.39 is 0 Å². The fourth-order valence-corrected chi connectivity index (χ4v) is 3.97. The summed E-state index contributed by atoms with van der Waals surface area (Å²) in [6.07, 6.45) is 1.75. The van der Waals surface area contributed by atoms with Crippen molar-refractivity contribution in [1.29, 1.82) is 0 Å². The van der Waals surface area contributed by atoms with E-state index in [9.17, 15) is 15.0 Å². The summed E-state index contributed by atoms with van der Waals surface area (Å²) in [5.74, 6) is 1.53. The minimum atomic E-state index is -0.215. The summed E-state index contributed by atoms with van der Waals surface area (Å²) in [5, 5.41) is 25.8. The number of hydrogen-bond donors (Lipinski definition) is 4. The number of likely N-dealkylation sites (tertiary alicyclic amines) is 1. The first kappa shape index (κ1) is 22.6. The molecule has 0 bridgehead atoms. The van der Waals surface area contributed by atoms with E-state index >= 15 is 0 Å². The maximum atomic E-state index is 12.5. The molecule has 33 heavy (non-hydrogen) atoms. The minimum absolute atomic E-state index is 0.0475. The van der Waals surface area contributed by atoms with E-state index in [0.29, 0.717) is 17.9 Å². The molecule has 172 valence electrons. The number of anilines is 2. The normalized spacial score (nSPS) is 14.6. The van der Waals surface area contributed by atoms with Crippen molar-refractivity contribution >= 4 is 17.3 Å². The van der Waals surface area contributed by atoms with E-state index in [4.69, 9.17) is 4.74 Å². The van der Waals surface area contributed by atoms with Crippen molar-refractivity contribution < 1.29 is 19.7 Å². The third-order valence-electron chi connectivity index (χ3n) is 5.74. The van der Waals surface area contributed by atoms with Gasteiger partial charge in [0.2, 0.25) is 5.91 Å². The van der Waals surface area contributed by atoms with Crippen LogP contribution >= 0.6 is 0 Å². The molecule has 1 aliphatic heterocycles. The SMILES string of the molecule is O=C(CN1CCC(Nc2cccc(O)c2CO)CC1)Nc1ccc(Oc2ccccc2)cc1. The van der Waals surface area contributed by atoms with E-state index in [0.717, 1.165) is 43.1 Å². The van der Waals surface area contributed by atoms with E-state index in [-0.39, 0.29) is 24.3 Å². The van der Waals surface area contributed by atoms with Crippen molar-refractivity contribution in [2.75, 3.05) is 30.3 Å². The van der Waals surface area contributed by atoms with Crippen LogP contribution in [0.15, 0.2) is 72.8 Å². The van der Waals surface area contributed by atoms with Crippen molar-refractivity contribution in [3.05, 3.63) is 78.4 Å². The van der Waals surface area contributed by atoms with Crippen LogP contribution in [0.1, 0.15) is 18.4 Å². The summed E-state index contributed by atoms with van der Waals surface area (Å²) >= 11 is 0. The van der Waals surface area contributed by atoms with Gasteiger partial charge < -0.3 is 25.6 Å². The molecule has 1 aliphatic rings. The van der Waals surface area contributed by atoms with Crippen LogP contribution in [0, 0.1) is 0 Å². The highest BCUT2D eigenvalue weighted by molar-refractivity contribution is 5.92.